The fraction of sp³-hybridized carbons (Fsp3) is 0.421. The van der Waals surface area contributed by atoms with Crippen molar-refractivity contribution < 1.29 is 14.3 Å². The van der Waals surface area contributed by atoms with Gasteiger partial charge in [-0.05, 0) is 41.1 Å². The molecular weight excluding hydrogens is 336 g/mol. The molecule has 2 heterocycles. The maximum absolute atomic E-state index is 12.3. The lowest BCUT2D eigenvalue weighted by Gasteiger charge is -2.37. The van der Waals surface area contributed by atoms with E-state index in [-0.39, 0.29) is 11.9 Å². The Bertz CT molecular complexity index is 743. The highest BCUT2D eigenvalue weighted by molar-refractivity contribution is 7.10. The van der Waals surface area contributed by atoms with Gasteiger partial charge >= 0.3 is 0 Å². The van der Waals surface area contributed by atoms with E-state index in [1.807, 2.05) is 0 Å². The summed E-state index contributed by atoms with van der Waals surface area (Å²) in [5.74, 6) is 1.60. The van der Waals surface area contributed by atoms with Crippen LogP contribution in [0.1, 0.15) is 22.0 Å². The highest BCUT2D eigenvalue weighted by Crippen LogP contribution is 2.42. The number of ether oxygens (including phenoxy) is 2. The van der Waals surface area contributed by atoms with E-state index in [1.54, 1.807) is 44.6 Å². The number of nitrogens with zero attached hydrogens (tertiary/aromatic N) is 2. The molecule has 3 rings (SSSR count). The molecule has 1 amide bonds. The van der Waals surface area contributed by atoms with Crippen LogP contribution in [-0.4, -0.2) is 57.1 Å². The molecule has 0 saturated carbocycles. The van der Waals surface area contributed by atoms with Gasteiger partial charge in [-0.15, -0.1) is 11.3 Å². The molecule has 0 bridgehead atoms. The van der Waals surface area contributed by atoms with Crippen molar-refractivity contribution in [2.24, 2.45) is 0 Å². The Morgan fingerprint density at radius 2 is 2.00 bits per heavy atom. The van der Waals surface area contributed by atoms with Crippen molar-refractivity contribution in [3.05, 3.63) is 45.6 Å². The van der Waals surface area contributed by atoms with E-state index in [0.29, 0.717) is 6.54 Å². The van der Waals surface area contributed by atoms with Crippen LogP contribution in [-0.2, 0) is 11.2 Å². The fourth-order valence-electron chi connectivity index (χ4n) is 3.26. The van der Waals surface area contributed by atoms with Crippen molar-refractivity contribution in [2.75, 3.05) is 41.4 Å². The predicted molar refractivity (Wildman–Crippen MR) is 99.7 cm³/mol. The number of carbonyl (C=O) groups is 1. The number of likely N-dealkylation sites (N-methyl/N-ethyl adjacent to an activating group) is 1. The van der Waals surface area contributed by atoms with Gasteiger partial charge in [-0.25, -0.2) is 0 Å². The third kappa shape index (κ3) is 3.50. The van der Waals surface area contributed by atoms with Crippen molar-refractivity contribution in [2.45, 2.75) is 12.5 Å². The van der Waals surface area contributed by atoms with Gasteiger partial charge in [-0.3, -0.25) is 9.69 Å². The lowest BCUT2D eigenvalue weighted by atomic mass is 9.91. The van der Waals surface area contributed by atoms with Gasteiger partial charge in [0.25, 0.3) is 0 Å². The smallest absolute Gasteiger partial charge is 0.236 e. The first-order chi connectivity index (χ1) is 12.0. The Morgan fingerprint density at radius 3 is 2.60 bits per heavy atom. The third-order valence-corrected chi connectivity index (χ3v) is 5.55. The molecule has 0 saturated heterocycles. The van der Waals surface area contributed by atoms with Crippen LogP contribution in [0.3, 0.4) is 0 Å². The van der Waals surface area contributed by atoms with Crippen molar-refractivity contribution in [1.82, 2.24) is 9.80 Å². The average molecular weight is 360 g/mol. The Balaban J connectivity index is 2.04. The number of benzene rings is 1. The zero-order valence-electron chi connectivity index (χ0n) is 15.1. The summed E-state index contributed by atoms with van der Waals surface area (Å²) in [5, 5.41) is 2.08. The van der Waals surface area contributed by atoms with Gasteiger partial charge in [0.1, 0.15) is 0 Å². The third-order valence-electron chi connectivity index (χ3n) is 4.62. The summed E-state index contributed by atoms with van der Waals surface area (Å²) in [6.07, 6.45) is 0.887. The zero-order valence-corrected chi connectivity index (χ0v) is 15.9. The van der Waals surface area contributed by atoms with Crippen LogP contribution in [0.25, 0.3) is 0 Å². The SMILES string of the molecule is COc1cc2c(cc1OC)C(c1cccs1)N(CC(=O)N(C)C)CC2. The first-order valence-electron chi connectivity index (χ1n) is 8.27. The van der Waals surface area contributed by atoms with E-state index in [2.05, 4.69) is 34.5 Å². The van der Waals surface area contributed by atoms with E-state index in [0.717, 1.165) is 24.5 Å². The Labute approximate surface area is 152 Å². The molecule has 0 spiro atoms. The average Bonchev–Trinajstić information content (AvgIpc) is 3.14. The minimum absolute atomic E-state index is 0.0625. The summed E-state index contributed by atoms with van der Waals surface area (Å²) in [4.78, 5) is 17.4. The zero-order chi connectivity index (χ0) is 18.0. The Kier molecular flexibility index (Phi) is 5.30. The summed E-state index contributed by atoms with van der Waals surface area (Å²) < 4.78 is 11.0. The number of hydrogen-bond donors (Lipinski definition) is 0. The molecule has 1 aromatic heterocycles. The van der Waals surface area contributed by atoms with Crippen LogP contribution in [0.15, 0.2) is 29.6 Å². The van der Waals surface area contributed by atoms with E-state index < -0.39 is 0 Å². The Hall–Kier alpha value is -2.05. The van der Waals surface area contributed by atoms with Crippen LogP contribution in [0.4, 0.5) is 0 Å². The molecule has 5 nitrogen and oxygen atoms in total. The highest BCUT2D eigenvalue weighted by Gasteiger charge is 2.32. The maximum atomic E-state index is 12.3. The van der Waals surface area contributed by atoms with E-state index >= 15 is 0 Å². The van der Waals surface area contributed by atoms with Crippen molar-refractivity contribution in [3.63, 3.8) is 0 Å². The lowest BCUT2D eigenvalue weighted by molar-refractivity contribution is -0.130. The summed E-state index contributed by atoms with van der Waals surface area (Å²) in [5.41, 5.74) is 2.45. The molecule has 0 aliphatic carbocycles. The number of hydrogen-bond acceptors (Lipinski definition) is 5. The fourth-order valence-corrected chi connectivity index (χ4v) is 4.14. The van der Waals surface area contributed by atoms with Gasteiger partial charge in [-0.1, -0.05) is 6.07 Å². The van der Waals surface area contributed by atoms with Crippen LogP contribution in [0.5, 0.6) is 11.5 Å². The van der Waals surface area contributed by atoms with Crippen LogP contribution < -0.4 is 9.47 Å². The normalized spacial score (nSPS) is 17.0. The monoisotopic (exact) mass is 360 g/mol. The largest absolute Gasteiger partial charge is 0.493 e. The van der Waals surface area contributed by atoms with Crippen LogP contribution in [0, 0.1) is 0 Å². The van der Waals surface area contributed by atoms with Crippen molar-refractivity contribution in [3.8, 4) is 11.5 Å². The summed E-state index contributed by atoms with van der Waals surface area (Å²) >= 11 is 1.72. The maximum Gasteiger partial charge on any atom is 0.236 e. The number of thiophene rings is 1. The predicted octanol–water partition coefficient (Wildman–Crippen LogP) is 2.80. The van der Waals surface area contributed by atoms with E-state index in [1.165, 1.54) is 16.0 Å². The van der Waals surface area contributed by atoms with E-state index in [4.69, 9.17) is 9.47 Å². The number of methoxy groups -OCH3 is 2. The van der Waals surface area contributed by atoms with Gasteiger partial charge < -0.3 is 14.4 Å². The number of fused-ring (bicyclic) bond motifs is 1. The van der Waals surface area contributed by atoms with Crippen LogP contribution >= 0.6 is 11.3 Å². The first kappa shape index (κ1) is 17.8. The van der Waals surface area contributed by atoms with Gasteiger partial charge in [0.15, 0.2) is 11.5 Å². The molecule has 1 aromatic carbocycles. The molecule has 0 fully saturated rings. The van der Waals surface area contributed by atoms with Gasteiger partial charge in [0.05, 0.1) is 26.8 Å². The minimum atomic E-state index is 0.0625. The molecule has 134 valence electrons. The molecule has 0 radical (unpaired) electrons. The van der Waals surface area contributed by atoms with Crippen molar-refractivity contribution in [1.29, 1.82) is 0 Å². The molecule has 0 N–H and O–H groups in total. The molecule has 1 atom stereocenters. The standard InChI is InChI=1S/C19H24N2O3S/c1-20(2)18(22)12-21-8-7-13-10-15(23-3)16(24-4)11-14(13)19(21)17-6-5-9-25-17/h5-6,9-11,19H,7-8,12H2,1-4H3. The molecule has 1 aliphatic heterocycles. The Morgan fingerprint density at radius 1 is 1.28 bits per heavy atom. The summed E-state index contributed by atoms with van der Waals surface area (Å²) in [6, 6.07) is 8.38. The molecular formula is C19H24N2O3S. The molecule has 2 aromatic rings. The highest BCUT2D eigenvalue weighted by atomic mass is 32.1. The van der Waals surface area contributed by atoms with Crippen LogP contribution in [0.2, 0.25) is 0 Å². The minimum Gasteiger partial charge on any atom is -0.493 e. The van der Waals surface area contributed by atoms with Crippen molar-refractivity contribution >= 4 is 17.2 Å². The second kappa shape index (κ2) is 7.45. The van der Waals surface area contributed by atoms with Gasteiger partial charge in [-0.2, -0.15) is 0 Å². The topological polar surface area (TPSA) is 42.0 Å². The molecule has 6 heteroatoms. The van der Waals surface area contributed by atoms with E-state index in [9.17, 15) is 4.79 Å². The quantitative estimate of drug-likeness (QED) is 0.822. The number of amides is 1. The van der Waals surface area contributed by atoms with Gasteiger partial charge in [0, 0.05) is 25.5 Å². The number of carbonyl (C=O) groups excluding carboxylic acids is 1. The molecule has 1 aliphatic rings. The second-order valence-electron chi connectivity index (χ2n) is 6.33. The first-order valence-corrected chi connectivity index (χ1v) is 9.15. The number of rotatable bonds is 5. The summed E-state index contributed by atoms with van der Waals surface area (Å²) in [6.45, 7) is 1.24. The second-order valence-corrected chi connectivity index (χ2v) is 7.31. The molecule has 25 heavy (non-hydrogen) atoms. The summed E-state index contributed by atoms with van der Waals surface area (Å²) in [7, 11) is 6.91. The van der Waals surface area contributed by atoms with Gasteiger partial charge in [0.2, 0.25) is 5.91 Å². The lowest BCUT2D eigenvalue weighted by Crippen LogP contribution is -2.42. The molecule has 1 unspecified atom stereocenters.